The van der Waals surface area contributed by atoms with Crippen LogP contribution >= 0.6 is 0 Å². The average molecular weight is 469 g/mol. The van der Waals surface area contributed by atoms with Crippen LogP contribution in [0.2, 0.25) is 0 Å². The molecule has 1 aromatic carbocycles. The maximum atomic E-state index is 13.3. The molecule has 0 aliphatic rings. The van der Waals surface area contributed by atoms with Crippen LogP contribution in [-0.4, -0.2) is 56.9 Å². The van der Waals surface area contributed by atoms with Crippen molar-refractivity contribution in [1.82, 2.24) is 4.31 Å². The molecule has 0 aromatic heterocycles. The zero-order valence-electron chi connectivity index (χ0n) is 18.2. The van der Waals surface area contributed by atoms with Crippen molar-refractivity contribution in [1.29, 1.82) is 0 Å². The summed E-state index contributed by atoms with van der Waals surface area (Å²) in [5.41, 5.74) is -2.38. The quantitative estimate of drug-likeness (QED) is 0.102. The summed E-state index contributed by atoms with van der Waals surface area (Å²) >= 11 is 0. The lowest BCUT2D eigenvalue weighted by molar-refractivity contribution is -0.387. The number of nitro benzene ring substituents is 1. The highest BCUT2D eigenvalue weighted by atomic mass is 32.2. The second kappa shape index (κ2) is 12.1. The van der Waals surface area contributed by atoms with Gasteiger partial charge in [0.2, 0.25) is 10.0 Å². The number of para-hydroxylation sites is 1. The number of ether oxygens (including phenoxy) is 2. The van der Waals surface area contributed by atoms with E-state index in [-0.39, 0.29) is 25.9 Å². The van der Waals surface area contributed by atoms with Gasteiger partial charge in [0.25, 0.3) is 5.69 Å². The number of carbonyl (C=O) groups excluding carboxylic acids is 2. The molecule has 0 amide bonds. The number of unbranched alkanes of at least 4 members (excludes halogenated alkanes) is 1. The predicted octanol–water partition coefficient (Wildman–Crippen LogP) is 2.85. The van der Waals surface area contributed by atoms with E-state index in [1.54, 1.807) is 6.08 Å². The lowest BCUT2D eigenvalue weighted by Crippen LogP contribution is -2.45. The van der Waals surface area contributed by atoms with Gasteiger partial charge in [-0.25, -0.2) is 8.42 Å². The summed E-state index contributed by atoms with van der Waals surface area (Å²) in [5, 5.41) is 11.4. The van der Waals surface area contributed by atoms with Crippen molar-refractivity contribution in [2.24, 2.45) is 5.41 Å². The smallest absolute Gasteiger partial charge is 0.323 e. The number of rotatable bonds is 14. The molecule has 32 heavy (non-hydrogen) atoms. The molecule has 0 aliphatic carbocycles. The van der Waals surface area contributed by atoms with Crippen LogP contribution in [0.5, 0.6) is 0 Å². The number of benzene rings is 1. The zero-order chi connectivity index (χ0) is 24.4. The Bertz CT molecular complexity index is 942. The average Bonchev–Trinajstić information content (AvgIpc) is 2.79. The number of esters is 2. The largest absolute Gasteiger partial charge is 0.468 e. The molecule has 11 heteroatoms. The van der Waals surface area contributed by atoms with E-state index in [1.165, 1.54) is 18.2 Å². The number of allylic oxidation sites excluding steroid dienone is 2. The van der Waals surface area contributed by atoms with E-state index in [9.17, 15) is 28.1 Å². The Labute approximate surface area is 187 Å². The van der Waals surface area contributed by atoms with Gasteiger partial charge in [0.05, 0.1) is 19.1 Å². The van der Waals surface area contributed by atoms with E-state index in [0.717, 1.165) is 30.7 Å². The van der Waals surface area contributed by atoms with Crippen LogP contribution in [0.1, 0.15) is 25.7 Å². The predicted molar refractivity (Wildman–Crippen MR) is 117 cm³/mol. The van der Waals surface area contributed by atoms with Gasteiger partial charge < -0.3 is 9.47 Å². The lowest BCUT2D eigenvalue weighted by Gasteiger charge is -2.30. The van der Waals surface area contributed by atoms with Gasteiger partial charge in [0, 0.05) is 19.2 Å². The topological polar surface area (TPSA) is 133 Å². The molecular formula is C21H28N2O8S. The standard InChI is InChI=1S/C21H28N2O8S/c1-5-7-10-15-22(32(28,29)18-12-9-8-11-17(18)23(26)27)16-14-21(13-6-2,19(24)30-3)20(25)31-4/h5-6,8-9,11-12H,1-2,7,10,13-16H2,3-4H3. The Morgan fingerprint density at radius 2 is 1.72 bits per heavy atom. The Balaban J connectivity index is 3.44. The Morgan fingerprint density at radius 3 is 2.22 bits per heavy atom. The van der Waals surface area contributed by atoms with Crippen LogP contribution in [0, 0.1) is 15.5 Å². The summed E-state index contributed by atoms with van der Waals surface area (Å²) < 4.78 is 37.3. The lowest BCUT2D eigenvalue weighted by atomic mass is 9.81. The molecule has 0 aliphatic heterocycles. The molecule has 0 unspecified atom stereocenters. The monoisotopic (exact) mass is 468 g/mol. The number of nitro groups is 1. The van der Waals surface area contributed by atoms with Crippen LogP contribution in [-0.2, 0) is 29.1 Å². The number of hydrogen-bond donors (Lipinski definition) is 0. The Hall–Kier alpha value is -3.05. The molecule has 0 heterocycles. The minimum Gasteiger partial charge on any atom is -0.468 e. The third kappa shape index (κ3) is 6.01. The van der Waals surface area contributed by atoms with Gasteiger partial charge in [-0.2, -0.15) is 4.31 Å². The first-order valence-corrected chi connectivity index (χ1v) is 11.2. The molecule has 10 nitrogen and oxygen atoms in total. The highest BCUT2D eigenvalue weighted by Gasteiger charge is 2.48. The second-order valence-corrected chi connectivity index (χ2v) is 8.77. The fraction of sp³-hybridized carbons (Fsp3) is 0.429. The normalized spacial score (nSPS) is 11.6. The van der Waals surface area contributed by atoms with Gasteiger partial charge in [-0.3, -0.25) is 19.7 Å². The van der Waals surface area contributed by atoms with Crippen molar-refractivity contribution < 1.29 is 32.4 Å². The van der Waals surface area contributed by atoms with Crippen molar-refractivity contribution in [3.8, 4) is 0 Å². The maximum absolute atomic E-state index is 13.3. The van der Waals surface area contributed by atoms with Crippen molar-refractivity contribution >= 4 is 27.6 Å². The number of methoxy groups -OCH3 is 2. The van der Waals surface area contributed by atoms with Crippen LogP contribution in [0.4, 0.5) is 5.69 Å². The molecule has 0 spiro atoms. The fourth-order valence-electron chi connectivity index (χ4n) is 3.24. The van der Waals surface area contributed by atoms with Crippen molar-refractivity contribution in [3.63, 3.8) is 0 Å². The summed E-state index contributed by atoms with van der Waals surface area (Å²) in [5.74, 6) is -1.78. The van der Waals surface area contributed by atoms with Crippen LogP contribution < -0.4 is 0 Å². The Kier molecular flexibility index (Phi) is 10.2. The van der Waals surface area contributed by atoms with E-state index in [0.29, 0.717) is 12.8 Å². The van der Waals surface area contributed by atoms with E-state index >= 15 is 0 Å². The SMILES string of the molecule is C=CCCCN(CCC(CC=C)(C(=O)OC)C(=O)OC)S(=O)(=O)c1ccccc1[N+](=O)[O-]. The molecule has 0 saturated carbocycles. The highest BCUT2D eigenvalue weighted by molar-refractivity contribution is 7.89. The van der Waals surface area contributed by atoms with Crippen molar-refractivity contribution in [2.45, 2.75) is 30.6 Å². The molecule has 176 valence electrons. The number of sulfonamides is 1. The van der Waals surface area contributed by atoms with Gasteiger partial charge in [-0.15, -0.1) is 13.2 Å². The minimum atomic E-state index is -4.33. The first kappa shape index (κ1) is 27.0. The summed E-state index contributed by atoms with van der Waals surface area (Å²) in [6, 6.07) is 4.99. The molecule has 0 saturated heterocycles. The Morgan fingerprint density at radius 1 is 1.12 bits per heavy atom. The molecule has 0 atom stereocenters. The van der Waals surface area contributed by atoms with E-state index in [1.807, 2.05) is 0 Å². The van der Waals surface area contributed by atoms with Gasteiger partial charge in [0.15, 0.2) is 10.3 Å². The summed E-state index contributed by atoms with van der Waals surface area (Å²) in [7, 11) is -2.12. The van der Waals surface area contributed by atoms with Gasteiger partial charge in [0.1, 0.15) is 0 Å². The second-order valence-electron chi connectivity index (χ2n) is 6.87. The molecule has 0 bridgehead atoms. The van der Waals surface area contributed by atoms with Gasteiger partial charge in [-0.05, 0) is 31.7 Å². The van der Waals surface area contributed by atoms with E-state index in [4.69, 9.17) is 9.47 Å². The summed E-state index contributed by atoms with van der Waals surface area (Å²) in [6.07, 6.45) is 3.42. The number of nitrogens with zero attached hydrogens (tertiary/aromatic N) is 2. The maximum Gasteiger partial charge on any atom is 0.323 e. The van der Waals surface area contributed by atoms with Crippen LogP contribution in [0.3, 0.4) is 0 Å². The molecular weight excluding hydrogens is 440 g/mol. The first-order valence-electron chi connectivity index (χ1n) is 9.74. The van der Waals surface area contributed by atoms with Gasteiger partial charge >= 0.3 is 11.9 Å². The van der Waals surface area contributed by atoms with E-state index < -0.39 is 42.9 Å². The fourth-order valence-corrected chi connectivity index (χ4v) is 4.87. The zero-order valence-corrected chi connectivity index (χ0v) is 19.0. The summed E-state index contributed by atoms with van der Waals surface area (Å²) in [4.78, 5) is 35.2. The van der Waals surface area contributed by atoms with Crippen molar-refractivity contribution in [3.05, 3.63) is 59.7 Å². The van der Waals surface area contributed by atoms with Crippen LogP contribution in [0.15, 0.2) is 54.5 Å². The molecule has 1 rings (SSSR count). The third-order valence-electron chi connectivity index (χ3n) is 4.93. The molecule has 0 radical (unpaired) electrons. The molecule has 1 aromatic rings. The van der Waals surface area contributed by atoms with Gasteiger partial charge in [-0.1, -0.05) is 24.3 Å². The molecule has 0 N–H and O–H groups in total. The third-order valence-corrected chi connectivity index (χ3v) is 6.87. The highest BCUT2D eigenvalue weighted by Crippen LogP contribution is 2.33. The number of hydrogen-bond acceptors (Lipinski definition) is 8. The summed E-state index contributed by atoms with van der Waals surface area (Å²) in [6.45, 7) is 6.87. The van der Waals surface area contributed by atoms with Crippen molar-refractivity contribution in [2.75, 3.05) is 27.3 Å². The molecule has 0 fully saturated rings. The van der Waals surface area contributed by atoms with Crippen LogP contribution in [0.25, 0.3) is 0 Å². The van der Waals surface area contributed by atoms with E-state index in [2.05, 4.69) is 13.2 Å². The first-order chi connectivity index (χ1) is 15.1. The number of carbonyl (C=O) groups is 2. The minimum absolute atomic E-state index is 0.00703.